The minimum Gasteiger partial charge on any atom is -0.394 e. The number of anilines is 1. The number of rotatable bonds is 1. The first-order valence-electron chi connectivity index (χ1n) is 6.01. The molecule has 1 aliphatic rings. The largest absolute Gasteiger partial charge is 0.394 e. The van der Waals surface area contributed by atoms with Crippen molar-refractivity contribution in [1.82, 2.24) is 19.5 Å². The van der Waals surface area contributed by atoms with Crippen LogP contribution in [0.15, 0.2) is 18.6 Å². The van der Waals surface area contributed by atoms with Gasteiger partial charge in [0.05, 0.1) is 11.9 Å². The number of likely N-dealkylation sites (tertiary alicyclic amines) is 1. The quantitative estimate of drug-likeness (QED) is 0.799. The van der Waals surface area contributed by atoms with Crippen LogP contribution in [0.5, 0.6) is 0 Å². The van der Waals surface area contributed by atoms with Crippen molar-refractivity contribution in [2.75, 3.05) is 25.9 Å². The van der Waals surface area contributed by atoms with Crippen LogP contribution in [0.25, 0.3) is 5.65 Å². The number of piperidine rings is 1. The highest BCUT2D eigenvalue weighted by molar-refractivity contribution is 5.62. The van der Waals surface area contributed by atoms with Crippen LogP contribution in [0.1, 0.15) is 24.3 Å². The van der Waals surface area contributed by atoms with Crippen LogP contribution < -0.4 is 5.73 Å². The molecule has 0 saturated carbocycles. The second kappa shape index (κ2) is 4.00. The maximum atomic E-state index is 5.77. The third-order valence-corrected chi connectivity index (χ3v) is 3.50. The van der Waals surface area contributed by atoms with Gasteiger partial charge in [-0.15, -0.1) is 0 Å². The number of nitrogen functional groups attached to an aromatic ring is 1. The normalized spacial score (nSPS) is 22.1. The fraction of sp³-hybridized carbons (Fsp3) is 0.500. The topological polar surface area (TPSA) is 59.5 Å². The number of aromatic nitrogens is 3. The van der Waals surface area contributed by atoms with Gasteiger partial charge in [0, 0.05) is 18.9 Å². The zero-order chi connectivity index (χ0) is 11.8. The van der Waals surface area contributed by atoms with E-state index in [1.165, 1.54) is 24.9 Å². The monoisotopic (exact) mass is 231 g/mol. The van der Waals surface area contributed by atoms with Crippen LogP contribution in [-0.4, -0.2) is 39.6 Å². The van der Waals surface area contributed by atoms with Crippen LogP contribution in [0, 0.1) is 0 Å². The van der Waals surface area contributed by atoms with Crippen molar-refractivity contribution >= 4 is 11.3 Å². The maximum absolute atomic E-state index is 5.77. The van der Waals surface area contributed by atoms with E-state index in [1.807, 2.05) is 6.20 Å². The first-order valence-corrected chi connectivity index (χ1v) is 6.01. The minimum absolute atomic E-state index is 0.566. The first-order chi connectivity index (χ1) is 8.24. The van der Waals surface area contributed by atoms with E-state index in [4.69, 9.17) is 5.73 Å². The van der Waals surface area contributed by atoms with Gasteiger partial charge < -0.3 is 10.6 Å². The van der Waals surface area contributed by atoms with Gasteiger partial charge in [-0.05, 0) is 37.9 Å². The molecule has 1 atom stereocenters. The molecule has 17 heavy (non-hydrogen) atoms. The zero-order valence-corrected chi connectivity index (χ0v) is 10.0. The van der Waals surface area contributed by atoms with Gasteiger partial charge >= 0.3 is 0 Å². The molecule has 1 saturated heterocycles. The molecule has 90 valence electrons. The molecular formula is C12H17N5. The summed E-state index contributed by atoms with van der Waals surface area (Å²) in [4.78, 5) is 6.77. The van der Waals surface area contributed by atoms with Crippen molar-refractivity contribution in [3.63, 3.8) is 0 Å². The van der Waals surface area contributed by atoms with E-state index in [2.05, 4.69) is 28.2 Å². The standard InChI is InChI=1S/C12H17N5/c1-16-4-2-3-9(7-16)10-5-14-12-11(13)6-15-17(12)8-10/h5-6,8-9H,2-4,7,13H2,1H3. The van der Waals surface area contributed by atoms with E-state index in [0.29, 0.717) is 11.6 Å². The summed E-state index contributed by atoms with van der Waals surface area (Å²) in [5, 5.41) is 4.21. The van der Waals surface area contributed by atoms with Crippen molar-refractivity contribution in [3.05, 3.63) is 24.2 Å². The zero-order valence-electron chi connectivity index (χ0n) is 10.0. The predicted octanol–water partition coefficient (Wildman–Crippen LogP) is 1.12. The molecule has 1 unspecified atom stereocenters. The molecule has 0 amide bonds. The molecule has 1 fully saturated rings. The van der Waals surface area contributed by atoms with E-state index < -0.39 is 0 Å². The molecule has 2 N–H and O–H groups in total. The van der Waals surface area contributed by atoms with Gasteiger partial charge in [0.15, 0.2) is 5.65 Å². The Bertz CT molecular complexity index is 533. The van der Waals surface area contributed by atoms with E-state index in [-0.39, 0.29) is 0 Å². The number of likely N-dealkylation sites (N-methyl/N-ethyl adjacent to an activating group) is 1. The summed E-state index contributed by atoms with van der Waals surface area (Å²) in [5.74, 6) is 0.566. The number of nitrogens with two attached hydrogens (primary N) is 1. The number of hydrogen-bond acceptors (Lipinski definition) is 4. The van der Waals surface area contributed by atoms with Gasteiger partial charge in [0.1, 0.15) is 0 Å². The lowest BCUT2D eigenvalue weighted by Gasteiger charge is -2.29. The second-order valence-electron chi connectivity index (χ2n) is 4.86. The molecule has 5 nitrogen and oxygen atoms in total. The summed E-state index contributed by atoms with van der Waals surface area (Å²) in [5.41, 5.74) is 8.41. The molecule has 3 rings (SSSR count). The van der Waals surface area contributed by atoms with Gasteiger partial charge in [0.25, 0.3) is 0 Å². The summed E-state index contributed by atoms with van der Waals surface area (Å²) in [7, 11) is 2.17. The Morgan fingerprint density at radius 3 is 3.12 bits per heavy atom. The van der Waals surface area contributed by atoms with Gasteiger partial charge in [0.2, 0.25) is 0 Å². The lowest BCUT2D eigenvalue weighted by molar-refractivity contribution is 0.250. The average Bonchev–Trinajstić information content (AvgIpc) is 2.71. The Balaban J connectivity index is 1.94. The summed E-state index contributed by atoms with van der Waals surface area (Å²) in [6.07, 6.45) is 8.13. The molecule has 2 aromatic rings. The molecule has 2 aromatic heterocycles. The van der Waals surface area contributed by atoms with Crippen LogP contribution in [-0.2, 0) is 0 Å². The fourth-order valence-electron chi connectivity index (χ4n) is 2.56. The molecule has 0 aliphatic carbocycles. The third-order valence-electron chi connectivity index (χ3n) is 3.50. The minimum atomic E-state index is 0.566. The molecule has 0 bridgehead atoms. The highest BCUT2D eigenvalue weighted by Crippen LogP contribution is 2.26. The van der Waals surface area contributed by atoms with Crippen molar-refractivity contribution < 1.29 is 0 Å². The molecule has 5 heteroatoms. The average molecular weight is 231 g/mol. The third kappa shape index (κ3) is 1.86. The number of fused-ring (bicyclic) bond motifs is 1. The molecule has 1 aliphatic heterocycles. The molecule has 0 spiro atoms. The van der Waals surface area contributed by atoms with Gasteiger partial charge in [-0.2, -0.15) is 5.10 Å². The Morgan fingerprint density at radius 1 is 1.41 bits per heavy atom. The Kier molecular flexibility index (Phi) is 2.48. The Hall–Kier alpha value is -1.62. The Morgan fingerprint density at radius 2 is 2.29 bits per heavy atom. The number of hydrogen-bond donors (Lipinski definition) is 1. The lowest BCUT2D eigenvalue weighted by atomic mass is 9.93. The molecular weight excluding hydrogens is 214 g/mol. The van der Waals surface area contributed by atoms with Crippen LogP contribution in [0.2, 0.25) is 0 Å². The summed E-state index contributed by atoms with van der Waals surface area (Å²) in [6.45, 7) is 2.30. The van der Waals surface area contributed by atoms with Crippen LogP contribution in [0.3, 0.4) is 0 Å². The van der Waals surface area contributed by atoms with Crippen molar-refractivity contribution in [1.29, 1.82) is 0 Å². The molecule has 0 aromatic carbocycles. The molecule has 3 heterocycles. The Labute approximate surface area is 100 Å². The fourth-order valence-corrected chi connectivity index (χ4v) is 2.56. The van der Waals surface area contributed by atoms with Crippen molar-refractivity contribution in [2.24, 2.45) is 0 Å². The predicted molar refractivity (Wildman–Crippen MR) is 66.9 cm³/mol. The van der Waals surface area contributed by atoms with E-state index in [1.54, 1.807) is 10.7 Å². The second-order valence-corrected chi connectivity index (χ2v) is 4.86. The smallest absolute Gasteiger partial charge is 0.178 e. The van der Waals surface area contributed by atoms with E-state index in [9.17, 15) is 0 Å². The SMILES string of the molecule is CN1CCCC(c2cnc3c(N)cnn3c2)C1. The summed E-state index contributed by atoms with van der Waals surface area (Å²) < 4.78 is 1.78. The van der Waals surface area contributed by atoms with Gasteiger partial charge in [-0.25, -0.2) is 9.50 Å². The van der Waals surface area contributed by atoms with E-state index >= 15 is 0 Å². The highest BCUT2D eigenvalue weighted by Gasteiger charge is 2.19. The van der Waals surface area contributed by atoms with Crippen molar-refractivity contribution in [2.45, 2.75) is 18.8 Å². The van der Waals surface area contributed by atoms with Crippen LogP contribution >= 0.6 is 0 Å². The van der Waals surface area contributed by atoms with E-state index in [0.717, 1.165) is 12.2 Å². The highest BCUT2D eigenvalue weighted by atomic mass is 15.2. The number of nitrogens with zero attached hydrogens (tertiary/aromatic N) is 4. The van der Waals surface area contributed by atoms with Crippen molar-refractivity contribution in [3.8, 4) is 0 Å². The summed E-state index contributed by atoms with van der Waals surface area (Å²) >= 11 is 0. The van der Waals surface area contributed by atoms with Gasteiger partial charge in [-0.1, -0.05) is 0 Å². The lowest BCUT2D eigenvalue weighted by Crippen LogP contribution is -2.31. The van der Waals surface area contributed by atoms with Crippen LogP contribution in [0.4, 0.5) is 5.69 Å². The summed E-state index contributed by atoms with van der Waals surface area (Å²) in [6, 6.07) is 0. The molecule has 0 radical (unpaired) electrons. The first kappa shape index (κ1) is 10.5. The van der Waals surface area contributed by atoms with Gasteiger partial charge in [-0.3, -0.25) is 0 Å². The maximum Gasteiger partial charge on any atom is 0.178 e.